The predicted molar refractivity (Wildman–Crippen MR) is 73.4 cm³/mol. The van der Waals surface area contributed by atoms with Crippen LogP contribution in [0.3, 0.4) is 0 Å². The van der Waals surface area contributed by atoms with Crippen molar-refractivity contribution in [3.05, 3.63) is 12.4 Å². The van der Waals surface area contributed by atoms with Crippen LogP contribution in [0.2, 0.25) is 0 Å². The number of anilines is 1. The summed E-state index contributed by atoms with van der Waals surface area (Å²) < 4.78 is 13.4. The Bertz CT molecular complexity index is 407. The second-order valence-corrected chi connectivity index (χ2v) is 5.64. The molecule has 5 heteroatoms. The van der Waals surface area contributed by atoms with Crippen molar-refractivity contribution in [2.75, 3.05) is 32.2 Å². The first-order valence-electron chi connectivity index (χ1n) is 7.23. The lowest BCUT2D eigenvalue weighted by Gasteiger charge is -2.26. The lowest BCUT2D eigenvalue weighted by Crippen LogP contribution is -2.40. The molecule has 1 aromatic heterocycles. The molecule has 2 heterocycles. The van der Waals surface area contributed by atoms with Crippen LogP contribution in [0.25, 0.3) is 0 Å². The van der Waals surface area contributed by atoms with E-state index in [1.807, 2.05) is 6.20 Å². The Hall–Kier alpha value is -1.07. The van der Waals surface area contributed by atoms with Crippen molar-refractivity contribution >= 4 is 5.95 Å². The number of methoxy groups -OCH3 is 1. The van der Waals surface area contributed by atoms with Crippen molar-refractivity contribution in [3.8, 4) is 0 Å². The van der Waals surface area contributed by atoms with Crippen LogP contribution in [-0.2, 0) is 9.47 Å². The van der Waals surface area contributed by atoms with Gasteiger partial charge in [0.15, 0.2) is 0 Å². The van der Waals surface area contributed by atoms with E-state index < -0.39 is 0 Å². The van der Waals surface area contributed by atoms with Crippen molar-refractivity contribution in [2.45, 2.75) is 43.7 Å². The van der Waals surface area contributed by atoms with Crippen LogP contribution in [0.4, 0.5) is 5.95 Å². The fourth-order valence-electron chi connectivity index (χ4n) is 3.13. The van der Waals surface area contributed by atoms with Gasteiger partial charge >= 0.3 is 0 Å². The SMILES string of the molecule is COC1(CNc2nccn2C2CCCC2)CCOC1. The van der Waals surface area contributed by atoms with Gasteiger partial charge in [-0.25, -0.2) is 4.98 Å². The van der Waals surface area contributed by atoms with Crippen molar-refractivity contribution in [1.82, 2.24) is 9.55 Å². The van der Waals surface area contributed by atoms with Gasteiger partial charge in [0.2, 0.25) is 5.95 Å². The van der Waals surface area contributed by atoms with Crippen LogP contribution in [0.15, 0.2) is 12.4 Å². The summed E-state index contributed by atoms with van der Waals surface area (Å²) >= 11 is 0. The molecule has 0 amide bonds. The number of hydrogen-bond donors (Lipinski definition) is 1. The molecule has 2 fully saturated rings. The van der Waals surface area contributed by atoms with Crippen LogP contribution in [0.1, 0.15) is 38.1 Å². The van der Waals surface area contributed by atoms with E-state index in [4.69, 9.17) is 9.47 Å². The Balaban J connectivity index is 1.65. The summed E-state index contributed by atoms with van der Waals surface area (Å²) in [4.78, 5) is 4.44. The summed E-state index contributed by atoms with van der Waals surface area (Å²) in [5, 5.41) is 3.45. The maximum absolute atomic E-state index is 5.64. The van der Waals surface area contributed by atoms with E-state index in [9.17, 15) is 0 Å². The molecule has 0 aromatic carbocycles. The molecule has 19 heavy (non-hydrogen) atoms. The molecule has 1 saturated carbocycles. The van der Waals surface area contributed by atoms with E-state index >= 15 is 0 Å². The molecule has 1 atom stereocenters. The van der Waals surface area contributed by atoms with Gasteiger partial charge in [0.25, 0.3) is 0 Å². The van der Waals surface area contributed by atoms with Crippen LogP contribution < -0.4 is 5.32 Å². The molecule has 0 spiro atoms. The molecular formula is C14H23N3O2. The molecule has 0 bridgehead atoms. The van der Waals surface area contributed by atoms with Crippen molar-refractivity contribution < 1.29 is 9.47 Å². The zero-order valence-electron chi connectivity index (χ0n) is 11.6. The average molecular weight is 265 g/mol. The summed E-state index contributed by atoms with van der Waals surface area (Å²) in [6.07, 6.45) is 10.1. The minimum atomic E-state index is -0.188. The van der Waals surface area contributed by atoms with Gasteiger partial charge in [0.1, 0.15) is 5.60 Å². The van der Waals surface area contributed by atoms with Gasteiger partial charge in [0.05, 0.1) is 6.61 Å². The second kappa shape index (κ2) is 5.51. The fraction of sp³-hybridized carbons (Fsp3) is 0.786. The molecule has 5 nitrogen and oxygen atoms in total. The van der Waals surface area contributed by atoms with E-state index in [-0.39, 0.29) is 5.60 Å². The van der Waals surface area contributed by atoms with Crippen LogP contribution in [0, 0.1) is 0 Å². The van der Waals surface area contributed by atoms with E-state index in [0.29, 0.717) is 12.6 Å². The van der Waals surface area contributed by atoms with E-state index in [2.05, 4.69) is 21.1 Å². The van der Waals surface area contributed by atoms with Crippen molar-refractivity contribution in [2.24, 2.45) is 0 Å². The predicted octanol–water partition coefficient (Wildman–Crippen LogP) is 2.22. The number of imidazole rings is 1. The second-order valence-electron chi connectivity index (χ2n) is 5.64. The summed E-state index contributed by atoms with van der Waals surface area (Å²) in [7, 11) is 1.76. The Morgan fingerprint density at radius 1 is 1.53 bits per heavy atom. The van der Waals surface area contributed by atoms with Gasteiger partial charge in [-0.3, -0.25) is 0 Å². The number of aromatic nitrogens is 2. The first-order chi connectivity index (χ1) is 9.33. The number of rotatable bonds is 5. The Kier molecular flexibility index (Phi) is 3.75. The summed E-state index contributed by atoms with van der Waals surface area (Å²) in [5.74, 6) is 0.968. The monoisotopic (exact) mass is 265 g/mol. The zero-order valence-corrected chi connectivity index (χ0v) is 11.6. The number of hydrogen-bond acceptors (Lipinski definition) is 4. The number of ether oxygens (including phenoxy) is 2. The van der Waals surface area contributed by atoms with Crippen molar-refractivity contribution in [1.29, 1.82) is 0 Å². The maximum Gasteiger partial charge on any atom is 0.203 e. The molecule has 1 saturated heterocycles. The number of nitrogens with zero attached hydrogens (tertiary/aromatic N) is 2. The number of nitrogens with one attached hydrogen (secondary N) is 1. The van der Waals surface area contributed by atoms with Gasteiger partial charge in [0, 0.05) is 45.1 Å². The van der Waals surface area contributed by atoms with Gasteiger partial charge < -0.3 is 19.4 Å². The Morgan fingerprint density at radius 2 is 2.37 bits per heavy atom. The Labute approximate surface area is 114 Å². The van der Waals surface area contributed by atoms with E-state index in [0.717, 1.165) is 25.5 Å². The van der Waals surface area contributed by atoms with Gasteiger partial charge in [-0.05, 0) is 12.8 Å². The van der Waals surface area contributed by atoms with Crippen LogP contribution in [0.5, 0.6) is 0 Å². The highest BCUT2D eigenvalue weighted by atomic mass is 16.5. The Morgan fingerprint density at radius 3 is 3.05 bits per heavy atom. The highest BCUT2D eigenvalue weighted by Crippen LogP contribution is 2.32. The van der Waals surface area contributed by atoms with Crippen LogP contribution in [-0.4, -0.2) is 42.0 Å². The highest BCUT2D eigenvalue weighted by molar-refractivity contribution is 5.28. The van der Waals surface area contributed by atoms with Gasteiger partial charge in [-0.2, -0.15) is 0 Å². The lowest BCUT2D eigenvalue weighted by molar-refractivity contribution is -0.00636. The zero-order chi connectivity index (χ0) is 13.1. The van der Waals surface area contributed by atoms with Crippen molar-refractivity contribution in [3.63, 3.8) is 0 Å². The first kappa shape index (κ1) is 12.9. The van der Waals surface area contributed by atoms with Crippen LogP contribution >= 0.6 is 0 Å². The van der Waals surface area contributed by atoms with Gasteiger partial charge in [-0.1, -0.05) is 12.8 Å². The minimum Gasteiger partial charge on any atom is -0.378 e. The largest absolute Gasteiger partial charge is 0.378 e. The topological polar surface area (TPSA) is 48.3 Å². The summed E-state index contributed by atoms with van der Waals surface area (Å²) in [6, 6.07) is 0.614. The van der Waals surface area contributed by atoms with E-state index in [1.54, 1.807) is 7.11 Å². The summed E-state index contributed by atoms with van der Waals surface area (Å²) in [5.41, 5.74) is -0.188. The quantitative estimate of drug-likeness (QED) is 0.887. The maximum atomic E-state index is 5.64. The minimum absolute atomic E-state index is 0.188. The molecule has 1 aliphatic heterocycles. The normalized spacial score (nSPS) is 28.1. The first-order valence-corrected chi connectivity index (χ1v) is 7.23. The third kappa shape index (κ3) is 2.62. The summed E-state index contributed by atoms with van der Waals surface area (Å²) in [6.45, 7) is 2.21. The molecular weight excluding hydrogens is 242 g/mol. The fourth-order valence-corrected chi connectivity index (χ4v) is 3.13. The third-order valence-corrected chi connectivity index (χ3v) is 4.46. The molecule has 1 N–H and O–H groups in total. The average Bonchev–Trinajstić information content (AvgIpc) is 3.17. The molecule has 0 radical (unpaired) electrons. The smallest absolute Gasteiger partial charge is 0.203 e. The van der Waals surface area contributed by atoms with E-state index in [1.165, 1.54) is 25.7 Å². The standard InChI is InChI=1S/C14H23N3O2/c1-18-14(6-9-19-11-14)10-16-13-15-7-8-17(13)12-4-2-3-5-12/h7-8,12H,2-6,9-11H2,1H3,(H,15,16). The third-order valence-electron chi connectivity index (χ3n) is 4.46. The lowest BCUT2D eigenvalue weighted by atomic mass is 10.0. The molecule has 1 aromatic rings. The van der Waals surface area contributed by atoms with Gasteiger partial charge in [-0.15, -0.1) is 0 Å². The molecule has 1 unspecified atom stereocenters. The molecule has 1 aliphatic carbocycles. The molecule has 2 aliphatic rings. The molecule has 106 valence electrons. The highest BCUT2D eigenvalue weighted by Gasteiger charge is 2.35. The molecule has 3 rings (SSSR count).